The Morgan fingerprint density at radius 3 is 0.426 bits per heavy atom. The summed E-state index contributed by atoms with van der Waals surface area (Å²) in [4.78, 5) is 86.8. The zero-order valence-corrected chi connectivity index (χ0v) is 42.6. The van der Waals surface area contributed by atoms with Crippen molar-refractivity contribution in [3.05, 3.63) is 0 Å². The fourth-order valence-electron chi connectivity index (χ4n) is 2.88. The minimum absolute atomic E-state index is 0. The molecule has 0 saturated carbocycles. The number of aliphatic carboxylic acids is 8. The van der Waals surface area contributed by atoms with Gasteiger partial charge >= 0.3 is 227 Å². The molecule has 0 heterocycles. The molecule has 0 aromatic rings. The standard InChI is InChI=1S/2C10H16N2O8.2H2O.5Sr/c2*13-7(14)3-11(4-8(15)16)1-2-12(5-9(17)18)6-10(19)20;;;;;;;/h2*1-6H2,(H,13,14)(H,15,16)(H,17,18)(H,19,20);2*1H2;;;;;/q;;;;5*+2/p-10. The summed E-state index contributed by atoms with van der Waals surface area (Å²) in [6.07, 6.45) is 0. The van der Waals surface area contributed by atoms with E-state index < -0.39 is 100 Å². The van der Waals surface area contributed by atoms with Crippen LogP contribution in [0.4, 0.5) is 0 Å². The van der Waals surface area contributed by atoms with Gasteiger partial charge in [0, 0.05) is 78.5 Å². The molecule has 0 unspecified atom stereocenters. The van der Waals surface area contributed by atoms with E-state index in [4.69, 9.17) is 0 Å². The third-order valence-electron chi connectivity index (χ3n) is 4.29. The molecule has 0 radical (unpaired) electrons. The normalized spacial score (nSPS) is 9.11. The Morgan fingerprint density at radius 1 is 0.277 bits per heavy atom. The molecule has 47 heavy (non-hydrogen) atoms. The minimum Gasteiger partial charge on any atom is -0.870 e. The van der Waals surface area contributed by atoms with Crippen LogP contribution in [0.5, 0.6) is 0 Å². The molecule has 27 heteroatoms. The van der Waals surface area contributed by atoms with Gasteiger partial charge in [-0.3, -0.25) is 19.6 Å². The Hall–Kier alpha value is 2.92. The zero-order chi connectivity index (χ0) is 31.4. The molecule has 244 valence electrons. The molecule has 22 nitrogen and oxygen atoms in total. The molecule has 0 aromatic carbocycles. The summed E-state index contributed by atoms with van der Waals surface area (Å²) in [6.45, 7) is -6.50. The predicted molar refractivity (Wildman–Crippen MR) is 138 cm³/mol. The van der Waals surface area contributed by atoms with Crippen molar-refractivity contribution in [2.24, 2.45) is 0 Å². The molecule has 0 aliphatic heterocycles. The monoisotopic (exact) mass is 1050 g/mol. The summed E-state index contributed by atoms with van der Waals surface area (Å²) in [6, 6.07) is 0. The van der Waals surface area contributed by atoms with Crippen molar-refractivity contribution in [2.45, 2.75) is 0 Å². The first-order chi connectivity index (χ1) is 18.4. The molecule has 0 spiro atoms. The number of carboxylic acids is 8. The maximum absolute atomic E-state index is 10.4. The van der Waals surface area contributed by atoms with Crippen LogP contribution < -0.4 is 40.9 Å². The number of hydrogen-bond acceptors (Lipinski definition) is 22. The van der Waals surface area contributed by atoms with Gasteiger partial charge in [0.15, 0.2) is 0 Å². The predicted octanol–water partition coefficient (Wildman–Crippen LogP) is -17.1. The molecule has 0 fully saturated rings. The fraction of sp³-hybridized carbons (Fsp3) is 0.600. The van der Waals surface area contributed by atoms with Crippen LogP contribution in [0.1, 0.15) is 0 Å². The van der Waals surface area contributed by atoms with Gasteiger partial charge in [-0.1, -0.05) is 0 Å². The minimum atomic E-state index is -1.53. The molecular formula is C20H26N4O18Sr5. The maximum Gasteiger partial charge on any atom is 2.00 e. The van der Waals surface area contributed by atoms with Gasteiger partial charge in [-0.15, -0.1) is 0 Å². The molecule has 0 aliphatic carbocycles. The van der Waals surface area contributed by atoms with Gasteiger partial charge in [0.05, 0.1) is 47.8 Å². The number of hydrogen-bond donors (Lipinski definition) is 0. The molecule has 0 aromatic heterocycles. The Bertz CT molecular complexity index is 728. The van der Waals surface area contributed by atoms with E-state index in [1.807, 2.05) is 0 Å². The van der Waals surface area contributed by atoms with Gasteiger partial charge < -0.3 is 90.2 Å². The first kappa shape index (κ1) is 71.3. The van der Waals surface area contributed by atoms with Gasteiger partial charge in [0.1, 0.15) is 0 Å². The van der Waals surface area contributed by atoms with Crippen LogP contribution in [0, 0.1) is 0 Å². The summed E-state index contributed by atoms with van der Waals surface area (Å²) in [5.41, 5.74) is 0. The van der Waals surface area contributed by atoms with Crippen LogP contribution in [0.2, 0.25) is 0 Å². The summed E-state index contributed by atoms with van der Waals surface area (Å²) in [5.74, 6) is -12.2. The van der Waals surface area contributed by atoms with Crippen molar-refractivity contribution < 1.29 is 90.2 Å². The van der Waals surface area contributed by atoms with Crippen LogP contribution in [-0.2, 0) is 38.4 Å². The van der Waals surface area contributed by atoms with Gasteiger partial charge in [-0.05, 0) is 0 Å². The second kappa shape index (κ2) is 43.3. The Balaban J connectivity index is -0.0000000764. The van der Waals surface area contributed by atoms with Crippen LogP contribution in [-0.4, -0.2) is 384 Å². The molecule has 0 bridgehead atoms. The topological polar surface area (TPSA) is 394 Å². The third kappa shape index (κ3) is 53.4. The van der Waals surface area contributed by atoms with E-state index in [2.05, 4.69) is 0 Å². The third-order valence-corrected chi connectivity index (χ3v) is 4.29. The number of carbonyl (C=O) groups excluding carboxylic acids is 8. The zero-order valence-electron chi connectivity index (χ0n) is 25.2. The fourth-order valence-corrected chi connectivity index (χ4v) is 2.88. The van der Waals surface area contributed by atoms with Gasteiger partial charge in [0.2, 0.25) is 0 Å². The van der Waals surface area contributed by atoms with Crippen molar-refractivity contribution in [3.8, 4) is 0 Å². The summed E-state index contributed by atoms with van der Waals surface area (Å²) in [7, 11) is 0. The Kier molecular flexibility index (Phi) is 65.8. The van der Waals surface area contributed by atoms with E-state index in [0.717, 1.165) is 19.6 Å². The largest absolute Gasteiger partial charge is 2.00 e. The van der Waals surface area contributed by atoms with E-state index in [1.54, 1.807) is 0 Å². The summed E-state index contributed by atoms with van der Waals surface area (Å²) < 4.78 is 0. The Labute approximate surface area is 453 Å². The smallest absolute Gasteiger partial charge is 0.870 e. The number of rotatable bonds is 22. The first-order valence-electron chi connectivity index (χ1n) is 10.9. The van der Waals surface area contributed by atoms with Crippen LogP contribution in [0.15, 0.2) is 0 Å². The van der Waals surface area contributed by atoms with Crippen molar-refractivity contribution in [1.29, 1.82) is 0 Å². The molecule has 0 atom stereocenters. The van der Waals surface area contributed by atoms with Crippen molar-refractivity contribution in [1.82, 2.24) is 19.6 Å². The van der Waals surface area contributed by atoms with Crippen molar-refractivity contribution in [2.75, 3.05) is 78.5 Å². The molecule has 0 saturated heterocycles. The second-order valence-electron chi connectivity index (χ2n) is 7.82. The van der Waals surface area contributed by atoms with Gasteiger partial charge in [-0.25, -0.2) is 0 Å². The summed E-state index contributed by atoms with van der Waals surface area (Å²) >= 11 is 0. The van der Waals surface area contributed by atoms with E-state index in [0.29, 0.717) is 0 Å². The van der Waals surface area contributed by atoms with Crippen LogP contribution in [0.25, 0.3) is 0 Å². The second-order valence-corrected chi connectivity index (χ2v) is 7.82. The number of carboxylic acid groups (broad SMARTS) is 8. The van der Waals surface area contributed by atoms with E-state index in [-0.39, 0.29) is 265 Å². The van der Waals surface area contributed by atoms with E-state index in [9.17, 15) is 79.2 Å². The quantitative estimate of drug-likeness (QED) is 0.0909. The number of carbonyl (C=O) groups is 8. The number of nitrogens with zero attached hydrogens (tertiary/aromatic N) is 4. The molecule has 0 aliphatic rings. The molecule has 0 rings (SSSR count). The average Bonchev–Trinajstić information content (AvgIpc) is 2.72. The average molecular weight is 1050 g/mol. The van der Waals surface area contributed by atoms with Crippen molar-refractivity contribution in [3.63, 3.8) is 0 Å². The summed E-state index contributed by atoms with van der Waals surface area (Å²) in [5, 5.41) is 83.2. The molecular weight excluding hydrogens is 1020 g/mol. The first-order valence-corrected chi connectivity index (χ1v) is 10.9. The van der Waals surface area contributed by atoms with E-state index >= 15 is 0 Å². The van der Waals surface area contributed by atoms with Crippen LogP contribution >= 0.6 is 0 Å². The SMILES string of the molecule is O=C([O-])CN(CCN(CC(=O)[O-])CC(=O)[O-])CC(=O)[O-].O=C([O-])CN(CCN(CC(=O)[O-])CC(=O)[O-])CC(=O)[O-].[OH-].[OH-].[Sr+2].[Sr+2].[Sr+2].[Sr+2].[Sr+2]. The van der Waals surface area contributed by atoms with Crippen LogP contribution in [0.3, 0.4) is 0 Å². The maximum atomic E-state index is 10.4. The molecule has 0 amide bonds. The van der Waals surface area contributed by atoms with Gasteiger partial charge in [0.25, 0.3) is 0 Å². The van der Waals surface area contributed by atoms with Crippen molar-refractivity contribution >= 4 is 275 Å². The Morgan fingerprint density at radius 2 is 0.362 bits per heavy atom. The molecule has 2 N–H and O–H groups in total. The van der Waals surface area contributed by atoms with Gasteiger partial charge in [-0.2, -0.15) is 0 Å². The van der Waals surface area contributed by atoms with E-state index in [1.165, 1.54) is 0 Å².